The second-order valence-electron chi connectivity index (χ2n) is 6.45. The van der Waals surface area contributed by atoms with E-state index in [0.29, 0.717) is 0 Å². The summed E-state index contributed by atoms with van der Waals surface area (Å²) in [7, 11) is 0. The van der Waals surface area contributed by atoms with Gasteiger partial charge in [0.1, 0.15) is 0 Å². The van der Waals surface area contributed by atoms with E-state index in [9.17, 15) is 0 Å². The molecule has 0 atom stereocenters. The van der Waals surface area contributed by atoms with Gasteiger partial charge in [-0.25, -0.2) is 0 Å². The van der Waals surface area contributed by atoms with Gasteiger partial charge in [-0.2, -0.15) is 55.6 Å². The number of rotatable bonds is 0. The van der Waals surface area contributed by atoms with Crippen LogP contribution in [0.4, 0.5) is 0 Å². The van der Waals surface area contributed by atoms with Crippen molar-refractivity contribution in [3.8, 4) is 0 Å². The second kappa shape index (κ2) is 20.7. The van der Waals surface area contributed by atoms with Crippen LogP contribution in [0.3, 0.4) is 0 Å². The summed E-state index contributed by atoms with van der Waals surface area (Å²) in [6.45, 7) is 22.0. The fraction of sp³-hybridized carbons (Fsp3) is 0.455. The molecule has 2 radical (unpaired) electrons. The zero-order chi connectivity index (χ0) is 21.2. The van der Waals surface area contributed by atoms with Gasteiger partial charge in [-0.15, -0.1) is 10.8 Å². The van der Waals surface area contributed by atoms with E-state index in [1.165, 1.54) is 55.6 Å². The van der Waals surface area contributed by atoms with Crippen LogP contribution in [0, 0.1) is 94.9 Å². The number of diazo groups is 2. The molecule has 0 saturated carbocycles. The molecule has 0 amide bonds. The molecule has 0 saturated heterocycles. The van der Waals surface area contributed by atoms with Crippen molar-refractivity contribution >= 4 is 0 Å². The third-order valence-corrected chi connectivity index (χ3v) is 5.62. The summed E-state index contributed by atoms with van der Waals surface area (Å²) in [6, 6.07) is 0. The van der Waals surface area contributed by atoms with E-state index in [-0.39, 0.29) is 53.8 Å². The predicted molar refractivity (Wildman–Crippen MR) is 123 cm³/mol. The Hall–Kier alpha value is -1.61. The van der Waals surface area contributed by atoms with Crippen LogP contribution in [0.2, 0.25) is 0 Å². The van der Waals surface area contributed by atoms with Crippen LogP contribution in [0.15, 0.2) is 0 Å². The Bertz CT molecular complexity index is 577. The monoisotopic (exact) mass is 592 g/mol. The number of nitrogens with zero attached hydrogens (tertiary/aromatic N) is 4. The predicted octanol–water partition coefficient (Wildman–Crippen LogP) is 8.40. The van der Waals surface area contributed by atoms with E-state index >= 15 is 0 Å². The molecular formula is C22H38N6Rh2-4. The summed E-state index contributed by atoms with van der Waals surface area (Å²) in [5.41, 5.74) is 14.7. The summed E-state index contributed by atoms with van der Waals surface area (Å²) in [5, 5.41) is 17.2. The van der Waals surface area contributed by atoms with E-state index in [0.717, 1.165) is 0 Å². The Morgan fingerprint density at radius 2 is 0.633 bits per heavy atom. The summed E-state index contributed by atoms with van der Waals surface area (Å²) >= 11 is 0. The molecule has 0 bridgehead atoms. The van der Waals surface area contributed by atoms with E-state index < -0.39 is 0 Å². The average molecular weight is 592 g/mol. The number of hydrogen-bond acceptors (Lipinski definition) is 2. The molecule has 2 aromatic carbocycles. The third kappa shape index (κ3) is 11.5. The number of nitrogens with one attached hydrogen (secondary N) is 2. The molecule has 0 spiro atoms. The quantitative estimate of drug-likeness (QED) is 0.133. The summed E-state index contributed by atoms with van der Waals surface area (Å²) in [6.07, 6.45) is 0. The largest absolute Gasteiger partial charge is 0.358 e. The Balaban J connectivity index is -0.0000000689. The Morgan fingerprint density at radius 1 is 0.533 bits per heavy atom. The molecule has 0 unspecified atom stereocenters. The van der Waals surface area contributed by atoms with Gasteiger partial charge < -0.3 is 14.9 Å². The van der Waals surface area contributed by atoms with Crippen molar-refractivity contribution in [3.05, 3.63) is 92.3 Å². The zero-order valence-corrected chi connectivity index (χ0v) is 23.7. The van der Waals surface area contributed by atoms with Crippen LogP contribution in [0.1, 0.15) is 55.6 Å². The van der Waals surface area contributed by atoms with E-state index in [1.807, 2.05) is 0 Å². The molecular weight excluding hydrogens is 554 g/mol. The molecule has 0 fully saturated rings. The van der Waals surface area contributed by atoms with Gasteiger partial charge >= 0.3 is 0 Å². The molecule has 0 heterocycles. The van der Waals surface area contributed by atoms with Crippen LogP contribution in [0.5, 0.6) is 0 Å². The molecule has 0 aliphatic carbocycles. The van der Waals surface area contributed by atoms with Crippen LogP contribution >= 0.6 is 0 Å². The van der Waals surface area contributed by atoms with Gasteiger partial charge in [0.25, 0.3) is 0 Å². The van der Waals surface area contributed by atoms with Crippen molar-refractivity contribution in [1.29, 1.82) is 10.8 Å². The maximum absolute atomic E-state index is 6.86. The van der Waals surface area contributed by atoms with Crippen molar-refractivity contribution in [2.75, 3.05) is 0 Å². The topological polar surface area (TPSA) is 104 Å². The van der Waals surface area contributed by atoms with Crippen molar-refractivity contribution in [3.63, 3.8) is 0 Å². The second-order valence-corrected chi connectivity index (χ2v) is 6.45. The molecule has 8 heteroatoms. The first-order valence-corrected chi connectivity index (χ1v) is 8.35. The summed E-state index contributed by atoms with van der Waals surface area (Å²) in [4.78, 5) is 0. The van der Waals surface area contributed by atoms with Crippen LogP contribution in [-0.4, -0.2) is 0 Å². The van der Waals surface area contributed by atoms with Gasteiger partial charge in [0.05, 0.1) is 10.2 Å². The van der Waals surface area contributed by atoms with E-state index in [1.54, 1.807) is 10.2 Å². The molecule has 0 aromatic heterocycles. The minimum Gasteiger partial charge on any atom is -0.358 e. The molecule has 30 heavy (non-hydrogen) atoms. The molecule has 178 valence electrons. The zero-order valence-electron chi connectivity index (χ0n) is 20.5. The molecule has 6 nitrogen and oxygen atoms in total. The SMILES string of the molecule is Cc1c(C)c(C)[c-](C)c1C.Cc1c(C)c(C)[c-](C)c1C.N#[N+][NH-].N#[N+][NH-].[CH3-].[CH3-].[Rh].[Rh]. The van der Waals surface area contributed by atoms with Crippen LogP contribution < -0.4 is 0 Å². The Kier molecular flexibility index (Phi) is 29.2. The normalized spacial score (nSPS) is 7.47. The standard InChI is InChI=1S/2C10H15.2CH3.2HN3.2Rh/c2*1-6-7(2)9(4)10(5)8(6)3;;;2*1-3-2;;/h2*1-5H3;2*1H3;2*1H;;/q4*-1;;;;. The summed E-state index contributed by atoms with van der Waals surface area (Å²) < 4.78 is 0. The minimum absolute atomic E-state index is 0. The molecule has 2 aromatic rings. The van der Waals surface area contributed by atoms with Gasteiger partial charge in [0, 0.05) is 39.0 Å². The van der Waals surface area contributed by atoms with E-state index in [2.05, 4.69) is 69.2 Å². The average Bonchev–Trinajstić information content (AvgIpc) is 2.87. The fourth-order valence-electron chi connectivity index (χ4n) is 2.81. The molecule has 2 rings (SSSR count). The van der Waals surface area contributed by atoms with E-state index in [4.69, 9.17) is 22.5 Å². The third-order valence-electron chi connectivity index (χ3n) is 5.62. The van der Waals surface area contributed by atoms with Gasteiger partial charge in [-0.05, 0) is 0 Å². The van der Waals surface area contributed by atoms with Crippen molar-refractivity contribution in [2.24, 2.45) is 0 Å². The maximum Gasteiger partial charge on any atom is 0.0800 e. The van der Waals surface area contributed by atoms with Crippen LogP contribution in [0.25, 0.3) is 21.9 Å². The Labute approximate surface area is 210 Å². The van der Waals surface area contributed by atoms with Crippen molar-refractivity contribution in [1.82, 2.24) is 0 Å². The molecule has 2 N–H and O–H groups in total. The fourth-order valence-corrected chi connectivity index (χ4v) is 2.81. The molecule has 0 aliphatic heterocycles. The minimum atomic E-state index is 0. The summed E-state index contributed by atoms with van der Waals surface area (Å²) in [5.74, 6) is 10.8. The van der Waals surface area contributed by atoms with Gasteiger partial charge in [-0.3, -0.25) is 0 Å². The van der Waals surface area contributed by atoms with Crippen molar-refractivity contribution < 1.29 is 39.0 Å². The van der Waals surface area contributed by atoms with Gasteiger partial charge in [0.2, 0.25) is 0 Å². The Morgan fingerprint density at radius 3 is 0.667 bits per heavy atom. The first-order chi connectivity index (χ1) is 11.9. The first kappa shape index (κ1) is 42.5. The maximum atomic E-state index is 6.86. The van der Waals surface area contributed by atoms with Gasteiger partial charge in [-0.1, -0.05) is 80.9 Å². The van der Waals surface area contributed by atoms with Crippen LogP contribution in [-0.2, 0) is 39.0 Å². The first-order valence-electron chi connectivity index (χ1n) is 8.35. The van der Waals surface area contributed by atoms with Crippen molar-refractivity contribution in [2.45, 2.75) is 69.2 Å². The van der Waals surface area contributed by atoms with Gasteiger partial charge in [0.15, 0.2) is 0 Å². The smallest absolute Gasteiger partial charge is 0.0800 e. The number of hydrogen-bond donors (Lipinski definition) is 0. The molecule has 0 aliphatic rings.